The van der Waals surface area contributed by atoms with E-state index in [0.717, 1.165) is 23.1 Å². The van der Waals surface area contributed by atoms with Crippen LogP contribution in [0, 0.1) is 0 Å². The summed E-state index contributed by atoms with van der Waals surface area (Å²) in [6.07, 6.45) is 2.76. The van der Waals surface area contributed by atoms with Crippen LogP contribution in [0.25, 0.3) is 5.57 Å². The van der Waals surface area contributed by atoms with Gasteiger partial charge < -0.3 is 4.74 Å². The van der Waals surface area contributed by atoms with Crippen LogP contribution in [-0.2, 0) is 14.3 Å². The van der Waals surface area contributed by atoms with Crippen LogP contribution in [0.15, 0.2) is 30.3 Å². The average Bonchev–Trinajstić information content (AvgIpc) is 2.27. The fourth-order valence-corrected chi connectivity index (χ4v) is 1.57. The molecule has 1 aromatic rings. The van der Waals surface area contributed by atoms with E-state index in [1.54, 1.807) is 13.2 Å². The van der Waals surface area contributed by atoms with Gasteiger partial charge >= 0.3 is 0 Å². The van der Waals surface area contributed by atoms with Crippen molar-refractivity contribution in [2.45, 2.75) is 6.92 Å². The number of hydrogen-bond donors (Lipinski definition) is 0. The summed E-state index contributed by atoms with van der Waals surface area (Å²) in [5.41, 5.74) is 1.96. The fraction of sp³-hybridized carbons (Fsp3) is 0.333. The minimum Gasteiger partial charge on any atom is -0.497 e. The molecule has 0 saturated carbocycles. The Kier molecular flexibility index (Phi) is 4.72. The molecule has 1 rings (SSSR count). The van der Waals surface area contributed by atoms with Crippen molar-refractivity contribution in [2.24, 2.45) is 0 Å². The minimum absolute atomic E-state index is 0.0523. The maximum absolute atomic E-state index is 10.8. The first-order valence-corrected chi connectivity index (χ1v) is 6.89. The lowest BCUT2D eigenvalue weighted by Gasteiger charge is -2.04. The van der Waals surface area contributed by atoms with E-state index in [2.05, 4.69) is 4.18 Å². The van der Waals surface area contributed by atoms with Gasteiger partial charge in [0.15, 0.2) is 0 Å². The number of ether oxygens (including phenoxy) is 1. The van der Waals surface area contributed by atoms with Gasteiger partial charge in [-0.25, -0.2) is 0 Å². The molecule has 0 fully saturated rings. The molecule has 4 nitrogen and oxygen atoms in total. The molecule has 0 unspecified atom stereocenters. The van der Waals surface area contributed by atoms with Crippen LogP contribution in [0.3, 0.4) is 0 Å². The number of benzene rings is 1. The molecule has 5 heteroatoms. The standard InChI is InChI=1S/C12H16O4S/c1-10(8-9-16-17(3,13)14)11-4-6-12(15-2)7-5-11/h4-8H,9H2,1-3H3. The first-order valence-electron chi connectivity index (χ1n) is 5.08. The Bertz CT molecular complexity index is 486. The monoisotopic (exact) mass is 256 g/mol. The van der Waals surface area contributed by atoms with Crippen molar-refractivity contribution in [3.63, 3.8) is 0 Å². The second kappa shape index (κ2) is 5.84. The van der Waals surface area contributed by atoms with Crippen molar-refractivity contribution >= 4 is 15.7 Å². The highest BCUT2D eigenvalue weighted by atomic mass is 32.2. The lowest BCUT2D eigenvalue weighted by Crippen LogP contribution is -2.02. The molecule has 94 valence electrons. The highest BCUT2D eigenvalue weighted by Gasteiger charge is 2.00. The average molecular weight is 256 g/mol. The predicted octanol–water partition coefficient (Wildman–Crippen LogP) is 2.07. The summed E-state index contributed by atoms with van der Waals surface area (Å²) in [4.78, 5) is 0. The molecule has 0 heterocycles. The Morgan fingerprint density at radius 2 is 1.88 bits per heavy atom. The van der Waals surface area contributed by atoms with Gasteiger partial charge in [0.25, 0.3) is 10.1 Å². The first kappa shape index (κ1) is 13.7. The van der Waals surface area contributed by atoms with Gasteiger partial charge in [0.05, 0.1) is 20.0 Å². The van der Waals surface area contributed by atoms with E-state index in [1.807, 2.05) is 31.2 Å². The van der Waals surface area contributed by atoms with Crippen molar-refractivity contribution in [1.29, 1.82) is 0 Å². The van der Waals surface area contributed by atoms with Crippen LogP contribution in [0.2, 0.25) is 0 Å². The van der Waals surface area contributed by atoms with Crippen LogP contribution >= 0.6 is 0 Å². The van der Waals surface area contributed by atoms with Gasteiger partial charge in [-0.15, -0.1) is 0 Å². The minimum atomic E-state index is -3.38. The summed E-state index contributed by atoms with van der Waals surface area (Å²) in [6.45, 7) is 1.95. The molecule has 0 aliphatic rings. The first-order chi connectivity index (χ1) is 7.92. The predicted molar refractivity (Wildman–Crippen MR) is 67.4 cm³/mol. The summed E-state index contributed by atoms with van der Waals surface area (Å²) < 4.78 is 31.2. The van der Waals surface area contributed by atoms with Gasteiger partial charge in [-0.2, -0.15) is 8.42 Å². The number of allylic oxidation sites excluding steroid dienone is 1. The van der Waals surface area contributed by atoms with E-state index >= 15 is 0 Å². The summed E-state index contributed by atoms with van der Waals surface area (Å²) >= 11 is 0. The van der Waals surface area contributed by atoms with Crippen molar-refractivity contribution in [2.75, 3.05) is 20.0 Å². The Morgan fingerprint density at radius 3 is 2.35 bits per heavy atom. The van der Waals surface area contributed by atoms with Crippen LogP contribution in [0.4, 0.5) is 0 Å². The van der Waals surface area contributed by atoms with E-state index in [4.69, 9.17) is 4.74 Å². The normalized spacial score (nSPS) is 12.5. The summed E-state index contributed by atoms with van der Waals surface area (Å²) in [7, 11) is -1.77. The maximum Gasteiger partial charge on any atom is 0.264 e. The number of methoxy groups -OCH3 is 1. The molecule has 0 bridgehead atoms. The van der Waals surface area contributed by atoms with E-state index < -0.39 is 10.1 Å². The molecule has 0 saturated heterocycles. The van der Waals surface area contributed by atoms with Gasteiger partial charge in [-0.05, 0) is 30.2 Å². The molecule has 0 aromatic heterocycles. The third-order valence-corrected chi connectivity index (χ3v) is 2.78. The molecule has 0 spiro atoms. The zero-order valence-corrected chi connectivity index (χ0v) is 11.0. The second-order valence-corrected chi connectivity index (χ2v) is 5.25. The molecule has 0 aliphatic heterocycles. The third kappa shape index (κ3) is 5.01. The van der Waals surface area contributed by atoms with Crippen molar-refractivity contribution in [3.8, 4) is 5.75 Å². The Labute approximate surface area is 102 Å². The lowest BCUT2D eigenvalue weighted by molar-refractivity contribution is 0.362. The van der Waals surface area contributed by atoms with Gasteiger partial charge in [-0.3, -0.25) is 4.18 Å². The third-order valence-electron chi connectivity index (χ3n) is 2.22. The molecule has 0 radical (unpaired) electrons. The summed E-state index contributed by atoms with van der Waals surface area (Å²) in [6, 6.07) is 7.52. The largest absolute Gasteiger partial charge is 0.497 e. The number of rotatable bonds is 5. The quantitative estimate of drug-likeness (QED) is 0.757. The van der Waals surface area contributed by atoms with Crippen molar-refractivity contribution in [1.82, 2.24) is 0 Å². The highest BCUT2D eigenvalue weighted by molar-refractivity contribution is 7.85. The smallest absolute Gasteiger partial charge is 0.264 e. The second-order valence-electron chi connectivity index (χ2n) is 3.60. The van der Waals surface area contributed by atoms with Gasteiger partial charge in [0.1, 0.15) is 5.75 Å². The molecule has 0 N–H and O–H groups in total. The summed E-state index contributed by atoms with van der Waals surface area (Å²) in [5.74, 6) is 0.786. The fourth-order valence-electron chi connectivity index (χ4n) is 1.25. The van der Waals surface area contributed by atoms with Crippen molar-refractivity contribution in [3.05, 3.63) is 35.9 Å². The van der Waals surface area contributed by atoms with E-state index in [9.17, 15) is 8.42 Å². The van der Waals surface area contributed by atoms with Gasteiger partial charge in [0.2, 0.25) is 0 Å². The van der Waals surface area contributed by atoms with E-state index in [0.29, 0.717) is 0 Å². The van der Waals surface area contributed by atoms with Crippen LogP contribution in [-0.4, -0.2) is 28.4 Å². The van der Waals surface area contributed by atoms with Crippen molar-refractivity contribution < 1.29 is 17.3 Å². The van der Waals surface area contributed by atoms with Gasteiger partial charge in [0, 0.05) is 0 Å². The number of hydrogen-bond acceptors (Lipinski definition) is 4. The van der Waals surface area contributed by atoms with Gasteiger partial charge in [-0.1, -0.05) is 18.2 Å². The topological polar surface area (TPSA) is 52.6 Å². The zero-order valence-electron chi connectivity index (χ0n) is 10.1. The zero-order chi connectivity index (χ0) is 12.9. The maximum atomic E-state index is 10.8. The lowest BCUT2D eigenvalue weighted by atomic mass is 10.1. The SMILES string of the molecule is COc1ccc(C(C)=CCOS(C)(=O)=O)cc1. The molecule has 0 amide bonds. The van der Waals surface area contributed by atoms with Crippen LogP contribution in [0.5, 0.6) is 5.75 Å². The Hall–Kier alpha value is -1.33. The van der Waals surface area contributed by atoms with Crippen LogP contribution in [0.1, 0.15) is 12.5 Å². The molecule has 1 aromatic carbocycles. The Morgan fingerprint density at radius 1 is 1.29 bits per heavy atom. The molecule has 17 heavy (non-hydrogen) atoms. The molecular weight excluding hydrogens is 240 g/mol. The van der Waals surface area contributed by atoms with E-state index in [-0.39, 0.29) is 6.61 Å². The Balaban J connectivity index is 2.68. The molecule has 0 aliphatic carbocycles. The van der Waals surface area contributed by atoms with E-state index in [1.165, 1.54) is 0 Å². The molecule has 0 atom stereocenters. The van der Waals surface area contributed by atoms with Crippen LogP contribution < -0.4 is 4.74 Å². The molecular formula is C12H16O4S. The highest BCUT2D eigenvalue weighted by Crippen LogP contribution is 2.17. The summed E-state index contributed by atoms with van der Waals surface area (Å²) in [5, 5.41) is 0.